The first-order chi connectivity index (χ1) is 9.33. The highest BCUT2D eigenvalue weighted by atomic mass is 35.5. The molecular formula is C12H6Cl3NO3S. The highest BCUT2D eigenvalue weighted by Crippen LogP contribution is 2.28. The van der Waals surface area contributed by atoms with Crippen molar-refractivity contribution in [2.45, 2.75) is 4.90 Å². The van der Waals surface area contributed by atoms with Crippen molar-refractivity contribution in [3.63, 3.8) is 0 Å². The fourth-order valence-electron chi connectivity index (χ4n) is 1.41. The van der Waals surface area contributed by atoms with Gasteiger partial charge in [-0.2, -0.15) is 12.8 Å². The number of sulfonamides is 1. The van der Waals surface area contributed by atoms with Crippen LogP contribution in [-0.4, -0.2) is 19.9 Å². The second-order valence-corrected chi connectivity index (χ2v) is 6.48. The van der Waals surface area contributed by atoms with Crippen LogP contribution >= 0.6 is 34.8 Å². The molecule has 8 heteroatoms. The fraction of sp³-hybridized carbons (Fsp3) is 0. The van der Waals surface area contributed by atoms with E-state index in [-0.39, 0.29) is 25.7 Å². The van der Waals surface area contributed by atoms with Crippen molar-refractivity contribution in [3.05, 3.63) is 51.5 Å². The zero-order valence-electron chi connectivity index (χ0n) is 9.68. The molecular weight excluding hydrogens is 345 g/mol. The molecule has 0 unspecified atom stereocenters. The number of benzene rings is 1. The van der Waals surface area contributed by atoms with Crippen molar-refractivity contribution in [2.24, 2.45) is 4.40 Å². The van der Waals surface area contributed by atoms with Crippen LogP contribution < -0.4 is 0 Å². The smallest absolute Gasteiger partial charge is 0.282 e. The average molecular weight is 351 g/mol. The Bertz CT molecular complexity index is 764. The lowest BCUT2D eigenvalue weighted by atomic mass is 10.1. The average Bonchev–Trinajstić information content (AvgIpc) is 2.43. The lowest BCUT2D eigenvalue weighted by Gasteiger charge is -2.09. The summed E-state index contributed by atoms with van der Waals surface area (Å²) in [5.74, 6) is -0.672. The van der Waals surface area contributed by atoms with E-state index >= 15 is 0 Å². The summed E-state index contributed by atoms with van der Waals surface area (Å²) in [5, 5.41) is -0.858. The van der Waals surface area contributed by atoms with Gasteiger partial charge in [-0.3, -0.25) is 4.79 Å². The van der Waals surface area contributed by atoms with E-state index in [1.54, 1.807) is 18.2 Å². The van der Waals surface area contributed by atoms with E-state index < -0.39 is 15.8 Å². The second kappa shape index (κ2) is 5.69. The minimum Gasteiger partial charge on any atom is -0.287 e. The number of halogens is 3. The molecule has 0 atom stereocenters. The van der Waals surface area contributed by atoms with E-state index in [0.29, 0.717) is 0 Å². The van der Waals surface area contributed by atoms with E-state index in [4.69, 9.17) is 34.8 Å². The Labute approximate surface area is 130 Å². The summed E-state index contributed by atoms with van der Waals surface area (Å²) >= 11 is 17.1. The number of nitrogens with zero attached hydrogens (tertiary/aromatic N) is 1. The van der Waals surface area contributed by atoms with Gasteiger partial charge in [0.15, 0.2) is 0 Å². The topological polar surface area (TPSA) is 63.6 Å². The highest BCUT2D eigenvalue weighted by Gasteiger charge is 2.26. The van der Waals surface area contributed by atoms with Gasteiger partial charge in [-0.25, -0.2) is 0 Å². The Balaban J connectivity index is 2.54. The van der Waals surface area contributed by atoms with Crippen LogP contribution in [0, 0.1) is 0 Å². The zero-order chi connectivity index (χ0) is 14.9. The predicted octanol–water partition coefficient (Wildman–Crippen LogP) is 3.21. The Kier molecular flexibility index (Phi) is 4.34. The number of carbonyl (C=O) groups is 1. The van der Waals surface area contributed by atoms with Crippen molar-refractivity contribution >= 4 is 56.3 Å². The van der Waals surface area contributed by atoms with Gasteiger partial charge in [-0.15, -0.1) is 0 Å². The molecule has 1 aliphatic rings. The summed E-state index contributed by atoms with van der Waals surface area (Å²) in [6.07, 6.45) is 1.07. The molecule has 1 aromatic rings. The fourth-order valence-corrected chi connectivity index (χ4v) is 3.09. The van der Waals surface area contributed by atoms with Crippen LogP contribution in [0.15, 0.2) is 60.8 Å². The number of allylic oxidation sites excluding steroid dienone is 4. The molecule has 0 spiro atoms. The van der Waals surface area contributed by atoms with Crippen LogP contribution in [-0.2, 0) is 14.8 Å². The van der Waals surface area contributed by atoms with Gasteiger partial charge in [0, 0.05) is 0 Å². The van der Waals surface area contributed by atoms with Crippen molar-refractivity contribution in [1.82, 2.24) is 0 Å². The van der Waals surface area contributed by atoms with E-state index in [2.05, 4.69) is 4.40 Å². The summed E-state index contributed by atoms with van der Waals surface area (Å²) in [7, 11) is -3.96. The molecule has 1 aromatic carbocycles. The molecule has 0 saturated heterocycles. The number of carbonyl (C=O) groups excluding carboxylic acids is 1. The lowest BCUT2D eigenvalue weighted by molar-refractivity contribution is -0.111. The third-order valence-corrected chi connectivity index (χ3v) is 4.78. The number of rotatable bonds is 2. The Hall–Kier alpha value is -1.14. The van der Waals surface area contributed by atoms with Gasteiger partial charge in [0.2, 0.25) is 5.78 Å². The molecule has 0 heterocycles. The van der Waals surface area contributed by atoms with Gasteiger partial charge in [-0.1, -0.05) is 53.0 Å². The molecule has 0 N–H and O–H groups in total. The number of Topliss-reactive ketones (excluding diaryl/α,β-unsaturated/α-hetero) is 1. The Morgan fingerprint density at radius 2 is 1.55 bits per heavy atom. The minimum atomic E-state index is -3.96. The van der Waals surface area contributed by atoms with E-state index in [1.807, 2.05) is 0 Å². The molecule has 0 fully saturated rings. The van der Waals surface area contributed by atoms with Gasteiger partial charge >= 0.3 is 0 Å². The van der Waals surface area contributed by atoms with Gasteiger partial charge in [0.05, 0.1) is 20.7 Å². The molecule has 2 rings (SSSR count). The first-order valence-electron chi connectivity index (χ1n) is 5.20. The maximum Gasteiger partial charge on any atom is 0.282 e. The van der Waals surface area contributed by atoms with Crippen molar-refractivity contribution in [1.29, 1.82) is 0 Å². The molecule has 0 saturated carbocycles. The largest absolute Gasteiger partial charge is 0.287 e. The van der Waals surface area contributed by atoms with Crippen molar-refractivity contribution < 1.29 is 13.2 Å². The molecule has 0 bridgehead atoms. The maximum atomic E-state index is 12.1. The number of hydrogen-bond donors (Lipinski definition) is 0. The molecule has 0 amide bonds. The summed E-state index contributed by atoms with van der Waals surface area (Å²) in [5.41, 5.74) is -0.176. The zero-order valence-corrected chi connectivity index (χ0v) is 12.8. The van der Waals surface area contributed by atoms with Gasteiger partial charge in [0.1, 0.15) is 5.03 Å². The van der Waals surface area contributed by atoms with Crippen LogP contribution in [0.4, 0.5) is 0 Å². The predicted molar refractivity (Wildman–Crippen MR) is 78.7 cm³/mol. The first-order valence-corrected chi connectivity index (χ1v) is 7.78. The monoisotopic (exact) mass is 349 g/mol. The van der Waals surface area contributed by atoms with E-state index in [1.165, 1.54) is 12.1 Å². The third kappa shape index (κ3) is 2.96. The van der Waals surface area contributed by atoms with Crippen LogP contribution in [0.1, 0.15) is 0 Å². The van der Waals surface area contributed by atoms with E-state index in [9.17, 15) is 13.2 Å². The summed E-state index contributed by atoms with van der Waals surface area (Å²) in [6, 6.07) is 7.57. The second-order valence-electron chi connectivity index (χ2n) is 3.71. The van der Waals surface area contributed by atoms with Crippen LogP contribution in [0.3, 0.4) is 0 Å². The SMILES string of the molecule is O=C1C(Cl)=CC(=NS(=O)(=O)c2ccccc2)C(Cl)=C1Cl. The molecule has 0 aliphatic heterocycles. The molecule has 104 valence electrons. The third-order valence-electron chi connectivity index (χ3n) is 2.36. The molecule has 1 aliphatic carbocycles. The van der Waals surface area contributed by atoms with Gasteiger partial charge < -0.3 is 0 Å². The number of hydrogen-bond acceptors (Lipinski definition) is 3. The first kappa shape index (κ1) is 15.3. The van der Waals surface area contributed by atoms with Crippen molar-refractivity contribution in [2.75, 3.05) is 0 Å². The summed E-state index contributed by atoms with van der Waals surface area (Å²) in [4.78, 5) is 11.4. The van der Waals surface area contributed by atoms with Crippen molar-refractivity contribution in [3.8, 4) is 0 Å². The lowest BCUT2D eigenvalue weighted by Crippen LogP contribution is -2.13. The maximum absolute atomic E-state index is 12.1. The molecule has 20 heavy (non-hydrogen) atoms. The summed E-state index contributed by atoms with van der Waals surface area (Å²) in [6.45, 7) is 0. The Morgan fingerprint density at radius 3 is 2.15 bits per heavy atom. The van der Waals surface area contributed by atoms with Crippen LogP contribution in [0.2, 0.25) is 0 Å². The quantitative estimate of drug-likeness (QED) is 0.769. The summed E-state index contributed by atoms with van der Waals surface area (Å²) < 4.78 is 27.7. The molecule has 4 nitrogen and oxygen atoms in total. The molecule has 0 aromatic heterocycles. The van der Waals surface area contributed by atoms with Crippen LogP contribution in [0.25, 0.3) is 0 Å². The van der Waals surface area contributed by atoms with Gasteiger partial charge in [0.25, 0.3) is 10.0 Å². The van der Waals surface area contributed by atoms with E-state index in [0.717, 1.165) is 6.08 Å². The van der Waals surface area contributed by atoms with Gasteiger partial charge in [-0.05, 0) is 18.2 Å². The minimum absolute atomic E-state index is 0.00508. The van der Waals surface area contributed by atoms with Crippen LogP contribution in [0.5, 0.6) is 0 Å². The molecule has 0 radical (unpaired) electrons. The Morgan fingerprint density at radius 1 is 0.950 bits per heavy atom. The normalized spacial score (nSPS) is 18.4. The highest BCUT2D eigenvalue weighted by molar-refractivity contribution is 7.90. The standard InChI is InChI=1S/C12H6Cl3NO3S/c13-8-6-9(10(14)11(15)12(8)17)16-20(18,19)7-4-2-1-3-5-7/h1-6H. The number of ketones is 1.